The number of phenolic OH excluding ortho intramolecular Hbond substituents is 1. The molecule has 1 aromatic carbocycles. The lowest BCUT2D eigenvalue weighted by Gasteiger charge is -2.12. The van der Waals surface area contributed by atoms with Crippen molar-refractivity contribution in [2.75, 3.05) is 13.6 Å². The molecule has 3 aromatic rings. The standard InChI is InChI=1S/C19H18F3N5O2/c1-10-3-12(19(20,21)22)5-15(28)17(10)13-6-23-14-9-27(25-18(14)24-13)8-11-4-16(29)26(2)7-11/h3,5-6,9,11,28H,4,7-8H2,1-2H3/t11-/m1/s1. The van der Waals surface area contributed by atoms with Crippen LogP contribution in [0, 0.1) is 12.8 Å². The fourth-order valence-corrected chi connectivity index (χ4v) is 3.67. The fourth-order valence-electron chi connectivity index (χ4n) is 3.67. The normalized spacial score (nSPS) is 17.5. The van der Waals surface area contributed by atoms with Crippen LogP contribution in [-0.4, -0.2) is 49.3 Å². The van der Waals surface area contributed by atoms with Gasteiger partial charge in [-0.15, -0.1) is 0 Å². The number of fused-ring (bicyclic) bond motifs is 1. The zero-order valence-electron chi connectivity index (χ0n) is 15.7. The number of carbonyl (C=O) groups excluding carboxylic acids is 1. The van der Waals surface area contributed by atoms with Gasteiger partial charge < -0.3 is 10.0 Å². The highest BCUT2D eigenvalue weighted by Crippen LogP contribution is 2.38. The van der Waals surface area contributed by atoms with E-state index in [1.807, 2.05) is 0 Å². The molecular weight excluding hydrogens is 387 g/mol. The highest BCUT2D eigenvalue weighted by Gasteiger charge is 2.32. The van der Waals surface area contributed by atoms with E-state index < -0.39 is 17.5 Å². The van der Waals surface area contributed by atoms with Crippen molar-refractivity contribution in [3.63, 3.8) is 0 Å². The molecule has 10 heteroatoms. The number of aromatic hydroxyl groups is 1. The summed E-state index contributed by atoms with van der Waals surface area (Å²) in [7, 11) is 1.76. The summed E-state index contributed by atoms with van der Waals surface area (Å²) in [5.41, 5.74) is 0.574. The SMILES string of the molecule is Cc1cc(C(F)(F)F)cc(O)c1-c1cnc2cn(C[C@@H]3CC(=O)N(C)C3)nc2n1. The lowest BCUT2D eigenvalue weighted by atomic mass is 10.0. The first-order valence-corrected chi connectivity index (χ1v) is 8.97. The maximum absolute atomic E-state index is 12.9. The molecule has 2 aromatic heterocycles. The van der Waals surface area contributed by atoms with Crippen molar-refractivity contribution in [2.45, 2.75) is 26.1 Å². The Labute approximate surface area is 163 Å². The van der Waals surface area contributed by atoms with Gasteiger partial charge in [-0.2, -0.15) is 18.3 Å². The number of aromatic nitrogens is 4. The summed E-state index contributed by atoms with van der Waals surface area (Å²) in [6.45, 7) is 2.66. The smallest absolute Gasteiger partial charge is 0.416 e. The van der Waals surface area contributed by atoms with E-state index in [0.29, 0.717) is 36.7 Å². The Kier molecular flexibility index (Phi) is 4.44. The van der Waals surface area contributed by atoms with E-state index >= 15 is 0 Å². The average Bonchev–Trinajstić information content (AvgIpc) is 3.15. The van der Waals surface area contributed by atoms with Crippen LogP contribution in [0.1, 0.15) is 17.5 Å². The molecule has 1 saturated heterocycles. The van der Waals surface area contributed by atoms with E-state index in [0.717, 1.165) is 6.07 Å². The zero-order chi connectivity index (χ0) is 20.9. The predicted molar refractivity (Wildman–Crippen MR) is 97.9 cm³/mol. The molecule has 0 saturated carbocycles. The Morgan fingerprint density at radius 1 is 1.31 bits per heavy atom. The van der Waals surface area contributed by atoms with Crippen LogP contribution in [0.3, 0.4) is 0 Å². The van der Waals surface area contributed by atoms with E-state index in [1.165, 1.54) is 13.1 Å². The molecule has 0 aliphatic carbocycles. The van der Waals surface area contributed by atoms with Crippen molar-refractivity contribution >= 4 is 17.1 Å². The second-order valence-electron chi connectivity index (χ2n) is 7.34. The number of likely N-dealkylation sites (tertiary alicyclic amines) is 1. The largest absolute Gasteiger partial charge is 0.507 e. The number of alkyl halides is 3. The van der Waals surface area contributed by atoms with Crippen molar-refractivity contribution in [1.29, 1.82) is 0 Å². The van der Waals surface area contributed by atoms with Gasteiger partial charge in [0.2, 0.25) is 5.91 Å². The summed E-state index contributed by atoms with van der Waals surface area (Å²) in [5.74, 6) is -0.279. The third kappa shape index (κ3) is 3.62. The molecule has 152 valence electrons. The molecule has 1 aliphatic heterocycles. The van der Waals surface area contributed by atoms with Crippen LogP contribution in [-0.2, 0) is 17.5 Å². The minimum Gasteiger partial charge on any atom is -0.507 e. The Hall–Kier alpha value is -3.17. The molecule has 0 bridgehead atoms. The highest BCUT2D eigenvalue weighted by molar-refractivity contribution is 5.78. The lowest BCUT2D eigenvalue weighted by molar-refractivity contribution is -0.137. The molecule has 4 rings (SSSR count). The van der Waals surface area contributed by atoms with Gasteiger partial charge in [0, 0.05) is 38.0 Å². The number of rotatable bonds is 3. The van der Waals surface area contributed by atoms with Crippen LogP contribution in [0.25, 0.3) is 22.4 Å². The van der Waals surface area contributed by atoms with Crippen LogP contribution in [0.15, 0.2) is 24.5 Å². The monoisotopic (exact) mass is 405 g/mol. The molecule has 0 radical (unpaired) electrons. The Balaban J connectivity index is 1.65. The summed E-state index contributed by atoms with van der Waals surface area (Å²) < 4.78 is 40.5. The average molecular weight is 405 g/mol. The van der Waals surface area contributed by atoms with Gasteiger partial charge >= 0.3 is 6.18 Å². The number of benzene rings is 1. The number of halogens is 3. The summed E-state index contributed by atoms with van der Waals surface area (Å²) >= 11 is 0. The molecule has 0 unspecified atom stereocenters. The maximum atomic E-state index is 12.9. The van der Waals surface area contributed by atoms with E-state index in [4.69, 9.17) is 0 Å². The number of nitrogens with zero attached hydrogens (tertiary/aromatic N) is 5. The molecule has 1 aliphatic rings. The number of carbonyl (C=O) groups is 1. The number of hydrogen-bond donors (Lipinski definition) is 1. The Morgan fingerprint density at radius 3 is 2.69 bits per heavy atom. The molecule has 1 fully saturated rings. The Morgan fingerprint density at radius 2 is 2.07 bits per heavy atom. The van der Waals surface area contributed by atoms with Gasteiger partial charge in [0.1, 0.15) is 11.3 Å². The molecule has 1 amide bonds. The number of phenols is 1. The van der Waals surface area contributed by atoms with Crippen LogP contribution >= 0.6 is 0 Å². The van der Waals surface area contributed by atoms with Crippen LogP contribution in [0.5, 0.6) is 5.75 Å². The molecular formula is C19H18F3N5O2. The molecule has 29 heavy (non-hydrogen) atoms. The molecule has 7 nitrogen and oxygen atoms in total. The van der Waals surface area contributed by atoms with E-state index in [2.05, 4.69) is 15.1 Å². The van der Waals surface area contributed by atoms with Gasteiger partial charge in [-0.05, 0) is 24.6 Å². The predicted octanol–water partition coefficient (Wildman–Crippen LogP) is 3.00. The second-order valence-corrected chi connectivity index (χ2v) is 7.34. The van der Waals surface area contributed by atoms with Crippen molar-refractivity contribution in [1.82, 2.24) is 24.6 Å². The van der Waals surface area contributed by atoms with Crippen molar-refractivity contribution in [3.8, 4) is 17.0 Å². The summed E-state index contributed by atoms with van der Waals surface area (Å²) in [6.07, 6.45) is -0.979. The van der Waals surface area contributed by atoms with Gasteiger partial charge in [-0.25, -0.2) is 9.97 Å². The van der Waals surface area contributed by atoms with Gasteiger partial charge in [0.15, 0.2) is 5.65 Å². The third-order valence-electron chi connectivity index (χ3n) is 5.04. The minimum atomic E-state index is -4.55. The molecule has 0 spiro atoms. The lowest BCUT2D eigenvalue weighted by Crippen LogP contribution is -2.20. The zero-order valence-corrected chi connectivity index (χ0v) is 15.7. The summed E-state index contributed by atoms with van der Waals surface area (Å²) in [6, 6.07) is 1.65. The fraction of sp³-hybridized carbons (Fsp3) is 0.368. The Bertz CT molecular complexity index is 1090. The maximum Gasteiger partial charge on any atom is 0.416 e. The molecule has 1 N–H and O–H groups in total. The van der Waals surface area contributed by atoms with Gasteiger partial charge in [-0.3, -0.25) is 9.48 Å². The van der Waals surface area contributed by atoms with Crippen molar-refractivity contribution < 1.29 is 23.1 Å². The van der Waals surface area contributed by atoms with E-state index in [9.17, 15) is 23.1 Å². The highest BCUT2D eigenvalue weighted by atomic mass is 19.4. The van der Waals surface area contributed by atoms with Gasteiger partial charge in [0.25, 0.3) is 0 Å². The van der Waals surface area contributed by atoms with Crippen LogP contribution in [0.4, 0.5) is 13.2 Å². The number of amides is 1. The first kappa shape index (κ1) is 19.2. The number of hydrogen-bond acceptors (Lipinski definition) is 5. The summed E-state index contributed by atoms with van der Waals surface area (Å²) in [5, 5.41) is 14.6. The van der Waals surface area contributed by atoms with Gasteiger partial charge in [0.05, 0.1) is 23.7 Å². The van der Waals surface area contributed by atoms with E-state index in [1.54, 1.807) is 22.8 Å². The first-order valence-electron chi connectivity index (χ1n) is 8.97. The second kappa shape index (κ2) is 6.71. The topological polar surface area (TPSA) is 84.1 Å². The first-order chi connectivity index (χ1) is 13.6. The summed E-state index contributed by atoms with van der Waals surface area (Å²) in [4.78, 5) is 22.0. The molecule has 3 heterocycles. The van der Waals surface area contributed by atoms with Crippen molar-refractivity contribution in [3.05, 3.63) is 35.7 Å². The third-order valence-corrected chi connectivity index (χ3v) is 5.04. The van der Waals surface area contributed by atoms with Crippen LogP contribution < -0.4 is 0 Å². The van der Waals surface area contributed by atoms with Crippen LogP contribution in [0.2, 0.25) is 0 Å². The number of aryl methyl sites for hydroxylation is 1. The molecule has 1 atom stereocenters. The minimum absolute atomic E-state index is 0.0958. The quantitative estimate of drug-likeness (QED) is 0.724. The van der Waals surface area contributed by atoms with Crippen molar-refractivity contribution in [2.24, 2.45) is 5.92 Å². The van der Waals surface area contributed by atoms with E-state index in [-0.39, 0.29) is 28.6 Å². The van der Waals surface area contributed by atoms with Gasteiger partial charge in [-0.1, -0.05) is 0 Å².